The molecule has 0 radical (unpaired) electrons. The minimum atomic E-state index is -1.37. The molecule has 1 rings (SSSR count). The van der Waals surface area contributed by atoms with E-state index in [2.05, 4.69) is 5.32 Å². The third-order valence-electron chi connectivity index (χ3n) is 5.89. The molecule has 1 aliphatic rings. The molecule has 9 N–H and O–H groups in total. The number of hydrogen-bond donors (Lipinski definition) is 7. The normalized spacial score (nSPS) is 27.1. The lowest BCUT2D eigenvalue weighted by atomic mass is 9.96. The average molecular weight is 507 g/mol. The fraction of sp³-hybridized carbons (Fsp3) is 0.864. The molecule has 1 unspecified atom stereocenters. The lowest BCUT2D eigenvalue weighted by Crippen LogP contribution is -2.65. The fourth-order valence-electron chi connectivity index (χ4n) is 4.04. The molecule has 8 atom stereocenters. The number of rotatable bonds is 16. The maximum Gasteiger partial charge on any atom is 0.303 e. The van der Waals surface area contributed by atoms with Crippen LogP contribution in [0.15, 0.2) is 0 Å². The minimum Gasteiger partial charge on any atom is -0.481 e. The Hall–Kier alpha value is -1.87. The summed E-state index contributed by atoms with van der Waals surface area (Å²) in [6.45, 7) is 4.86. The van der Waals surface area contributed by atoms with Gasteiger partial charge in [0.2, 0.25) is 11.8 Å². The number of primary amides is 1. The van der Waals surface area contributed by atoms with Crippen molar-refractivity contribution in [2.45, 2.75) is 102 Å². The number of carboxylic acids is 1. The van der Waals surface area contributed by atoms with E-state index in [0.717, 1.165) is 24.2 Å². The Balaban J connectivity index is 3.08. The number of nitrogens with two attached hydrogens (primary N) is 2. The van der Waals surface area contributed by atoms with Crippen molar-refractivity contribution >= 4 is 17.8 Å². The maximum absolute atomic E-state index is 12.8. The third kappa shape index (κ3) is 9.60. The van der Waals surface area contributed by atoms with E-state index in [0.29, 0.717) is 6.54 Å². The van der Waals surface area contributed by atoms with E-state index >= 15 is 0 Å². The summed E-state index contributed by atoms with van der Waals surface area (Å²) in [6, 6.07) is -3.05. The molecule has 1 saturated heterocycles. The lowest BCUT2D eigenvalue weighted by Gasteiger charge is -2.44. The number of ether oxygens (including phenoxy) is 2. The maximum atomic E-state index is 12.8. The van der Waals surface area contributed by atoms with E-state index in [1.165, 1.54) is 6.92 Å². The van der Waals surface area contributed by atoms with Crippen molar-refractivity contribution in [1.29, 1.82) is 0 Å². The van der Waals surface area contributed by atoms with Crippen molar-refractivity contribution in [2.75, 3.05) is 19.7 Å². The van der Waals surface area contributed by atoms with E-state index in [9.17, 15) is 29.7 Å². The van der Waals surface area contributed by atoms with Gasteiger partial charge in [0, 0.05) is 13.0 Å². The zero-order valence-corrected chi connectivity index (χ0v) is 20.7. The fourth-order valence-corrected chi connectivity index (χ4v) is 4.04. The van der Waals surface area contributed by atoms with Crippen molar-refractivity contribution in [3.63, 3.8) is 0 Å². The zero-order chi connectivity index (χ0) is 26.7. The minimum absolute atomic E-state index is 0.180. The van der Waals surface area contributed by atoms with Crippen LogP contribution in [-0.2, 0) is 23.9 Å². The second kappa shape index (κ2) is 15.3. The summed E-state index contributed by atoms with van der Waals surface area (Å²) < 4.78 is 11.3. The summed E-state index contributed by atoms with van der Waals surface area (Å²) in [5.74, 6) is -2.66. The van der Waals surface area contributed by atoms with Crippen molar-refractivity contribution < 1.29 is 44.3 Å². The van der Waals surface area contributed by atoms with Crippen molar-refractivity contribution in [2.24, 2.45) is 11.5 Å². The first-order valence-corrected chi connectivity index (χ1v) is 12.0. The molecule has 13 heteroatoms. The second-order valence-electron chi connectivity index (χ2n) is 8.97. The van der Waals surface area contributed by atoms with Crippen LogP contribution in [0.1, 0.15) is 52.9 Å². The number of amides is 2. The number of aliphatic carboxylic acids is 1. The SMILES string of the molecule is CCCCCN[C@@H]1[C@@H](OC(C)CN(C(=O)[C@H](C)N)[C@H](CCC(=O)O)C(N)=O)[C@H](O)[C@@H](CO)O[C@@H]1O. The van der Waals surface area contributed by atoms with Crippen LogP contribution in [0.5, 0.6) is 0 Å². The van der Waals surface area contributed by atoms with Gasteiger partial charge in [-0.05, 0) is 33.2 Å². The molecule has 1 fully saturated rings. The molecule has 0 aromatic rings. The molecule has 0 aromatic heterocycles. The standard InChI is InChI=1S/C22H42N4O9/c1-4-5-6-9-25-17-19(18(30)15(11-27)35-22(17)33)34-12(2)10-26(21(32)13(3)23)14(20(24)31)7-8-16(28)29/h12-15,17-19,22,25,27,30,33H,4-11,23H2,1-3H3,(H2,24,31)(H,28,29)/t12?,13-,14+,15+,17+,18+,19+,22-/m0/s1. The van der Waals surface area contributed by atoms with Crippen LogP contribution in [0.4, 0.5) is 0 Å². The summed E-state index contributed by atoms with van der Waals surface area (Å²) in [6.07, 6.45) is -3.41. The number of carboxylic acid groups (broad SMARTS) is 1. The molecule has 0 bridgehead atoms. The molecule has 0 aromatic carbocycles. The van der Waals surface area contributed by atoms with Gasteiger partial charge in [-0.15, -0.1) is 0 Å². The molecule has 13 nitrogen and oxygen atoms in total. The van der Waals surface area contributed by atoms with Gasteiger partial charge in [-0.1, -0.05) is 19.8 Å². The van der Waals surface area contributed by atoms with Crippen LogP contribution in [0.3, 0.4) is 0 Å². The summed E-state index contributed by atoms with van der Waals surface area (Å²) in [5, 5.41) is 42.9. The van der Waals surface area contributed by atoms with Crippen LogP contribution < -0.4 is 16.8 Å². The topological polar surface area (TPSA) is 218 Å². The molecule has 35 heavy (non-hydrogen) atoms. The Morgan fingerprint density at radius 1 is 1.20 bits per heavy atom. The molecule has 0 saturated carbocycles. The van der Waals surface area contributed by atoms with Gasteiger partial charge in [-0.25, -0.2) is 0 Å². The number of hydrogen-bond acceptors (Lipinski definition) is 10. The highest BCUT2D eigenvalue weighted by molar-refractivity contribution is 5.89. The van der Waals surface area contributed by atoms with Gasteiger partial charge in [0.1, 0.15) is 24.4 Å². The molecular weight excluding hydrogens is 464 g/mol. The van der Waals surface area contributed by atoms with Gasteiger partial charge in [-0.3, -0.25) is 14.4 Å². The van der Waals surface area contributed by atoms with Crippen molar-refractivity contribution in [1.82, 2.24) is 10.2 Å². The predicted octanol–water partition coefficient (Wildman–Crippen LogP) is -2.13. The largest absolute Gasteiger partial charge is 0.481 e. The Morgan fingerprint density at radius 2 is 1.86 bits per heavy atom. The van der Waals surface area contributed by atoms with Gasteiger partial charge >= 0.3 is 5.97 Å². The number of nitrogens with one attached hydrogen (secondary N) is 1. The van der Waals surface area contributed by atoms with E-state index in [1.807, 2.05) is 6.92 Å². The van der Waals surface area contributed by atoms with Crippen LogP contribution in [0.2, 0.25) is 0 Å². The third-order valence-corrected chi connectivity index (χ3v) is 5.89. The summed E-state index contributed by atoms with van der Waals surface area (Å²) in [5.41, 5.74) is 11.2. The van der Waals surface area contributed by atoms with Gasteiger partial charge < -0.3 is 51.6 Å². The van der Waals surface area contributed by atoms with Crippen LogP contribution in [0.25, 0.3) is 0 Å². The highest BCUT2D eigenvalue weighted by atomic mass is 16.6. The van der Waals surface area contributed by atoms with Gasteiger partial charge in [0.05, 0.1) is 24.8 Å². The first kappa shape index (κ1) is 31.2. The van der Waals surface area contributed by atoms with Crippen LogP contribution in [-0.4, -0.2) is 112 Å². The first-order valence-electron chi connectivity index (χ1n) is 12.0. The van der Waals surface area contributed by atoms with Gasteiger partial charge in [-0.2, -0.15) is 0 Å². The predicted molar refractivity (Wildman–Crippen MR) is 125 cm³/mol. The number of aliphatic hydroxyl groups excluding tert-OH is 3. The Labute approximate surface area is 205 Å². The van der Waals surface area contributed by atoms with Gasteiger partial charge in [0.15, 0.2) is 6.29 Å². The molecule has 1 heterocycles. The zero-order valence-electron chi connectivity index (χ0n) is 20.7. The molecular formula is C22H42N4O9. The summed E-state index contributed by atoms with van der Waals surface area (Å²) >= 11 is 0. The number of nitrogens with zero attached hydrogens (tertiary/aromatic N) is 1. The number of aliphatic hydroxyl groups is 3. The molecule has 2 amide bonds. The quantitative estimate of drug-likeness (QED) is 0.112. The smallest absolute Gasteiger partial charge is 0.303 e. The molecule has 1 aliphatic heterocycles. The average Bonchev–Trinajstić information content (AvgIpc) is 2.78. The Morgan fingerprint density at radius 3 is 2.37 bits per heavy atom. The monoisotopic (exact) mass is 506 g/mol. The Kier molecular flexibility index (Phi) is 13.6. The van der Waals surface area contributed by atoms with E-state index in [-0.39, 0.29) is 13.0 Å². The van der Waals surface area contributed by atoms with E-state index in [1.54, 1.807) is 6.92 Å². The first-order chi connectivity index (χ1) is 16.4. The number of carbonyl (C=O) groups excluding carboxylic acids is 2. The molecule has 204 valence electrons. The van der Waals surface area contributed by atoms with E-state index in [4.69, 9.17) is 26.0 Å². The van der Waals surface area contributed by atoms with Crippen molar-refractivity contribution in [3.05, 3.63) is 0 Å². The van der Waals surface area contributed by atoms with E-state index < -0.39 is 79.6 Å². The highest BCUT2D eigenvalue weighted by Crippen LogP contribution is 2.24. The summed E-state index contributed by atoms with van der Waals surface area (Å²) in [4.78, 5) is 37.0. The lowest BCUT2D eigenvalue weighted by molar-refractivity contribution is -0.268. The van der Waals surface area contributed by atoms with Crippen molar-refractivity contribution in [3.8, 4) is 0 Å². The van der Waals surface area contributed by atoms with Gasteiger partial charge in [0.25, 0.3) is 0 Å². The Bertz CT molecular complexity index is 681. The molecule has 0 aliphatic carbocycles. The van der Waals surface area contributed by atoms with Crippen LogP contribution >= 0.6 is 0 Å². The number of unbranched alkanes of at least 4 members (excludes halogenated alkanes) is 2. The summed E-state index contributed by atoms with van der Waals surface area (Å²) in [7, 11) is 0. The highest BCUT2D eigenvalue weighted by Gasteiger charge is 2.46. The second-order valence-corrected chi connectivity index (χ2v) is 8.97. The number of carbonyl (C=O) groups is 3. The molecule has 0 spiro atoms. The van der Waals surface area contributed by atoms with Crippen LogP contribution in [0, 0.1) is 0 Å².